The molecular formula is C27H40NO8-. The summed E-state index contributed by atoms with van der Waals surface area (Å²) in [5.41, 5.74) is 0.572. The van der Waals surface area contributed by atoms with Crippen LogP contribution in [0.1, 0.15) is 65.7 Å². The molecule has 1 fully saturated rings. The molecule has 5 unspecified atom stereocenters. The molecular weight excluding hydrogens is 466 g/mol. The molecule has 1 rings (SSSR count). The third-order valence-electron chi connectivity index (χ3n) is 6.46. The SMILES string of the molecule is COC(C=CCCC=CC(=O)[O-])C(O)C(C)C=C(C)C(O)C(C)C(=O)CCCC1CC(=O)NC(=O)C1. The van der Waals surface area contributed by atoms with Crippen molar-refractivity contribution in [3.05, 3.63) is 36.0 Å². The molecule has 0 aromatic carbocycles. The summed E-state index contributed by atoms with van der Waals surface area (Å²) in [5.74, 6) is -2.95. The smallest absolute Gasteiger partial charge is 0.226 e. The fourth-order valence-corrected chi connectivity index (χ4v) is 4.27. The zero-order chi connectivity index (χ0) is 27.3. The van der Waals surface area contributed by atoms with Crippen LogP contribution in [-0.2, 0) is 23.9 Å². The number of Topliss-reactive ketones (excluding diaryl/α,β-unsaturated/α-hetero) is 1. The molecule has 36 heavy (non-hydrogen) atoms. The number of aliphatic hydroxyl groups is 2. The lowest BCUT2D eigenvalue weighted by molar-refractivity contribution is -0.297. The van der Waals surface area contributed by atoms with Gasteiger partial charge in [-0.05, 0) is 50.2 Å². The highest BCUT2D eigenvalue weighted by atomic mass is 16.5. The summed E-state index contributed by atoms with van der Waals surface area (Å²) in [6, 6.07) is 0. The Kier molecular flexibility index (Phi) is 14.1. The van der Waals surface area contributed by atoms with Gasteiger partial charge in [-0.1, -0.05) is 38.2 Å². The van der Waals surface area contributed by atoms with Crippen molar-refractivity contribution in [2.45, 2.75) is 84.0 Å². The molecule has 9 heteroatoms. The van der Waals surface area contributed by atoms with E-state index in [0.717, 1.165) is 6.08 Å². The first-order chi connectivity index (χ1) is 17.0. The molecule has 0 bridgehead atoms. The largest absolute Gasteiger partial charge is 0.545 e. The summed E-state index contributed by atoms with van der Waals surface area (Å²) in [6.45, 7) is 5.17. The number of nitrogens with one attached hydrogen (secondary N) is 1. The van der Waals surface area contributed by atoms with Gasteiger partial charge in [0.25, 0.3) is 0 Å². The maximum absolute atomic E-state index is 12.6. The number of methoxy groups -OCH3 is 1. The van der Waals surface area contributed by atoms with Crippen LogP contribution in [0.15, 0.2) is 36.0 Å². The number of amides is 2. The lowest BCUT2D eigenvalue weighted by Crippen LogP contribution is -2.38. The van der Waals surface area contributed by atoms with E-state index in [9.17, 15) is 34.5 Å². The molecule has 1 heterocycles. The number of carbonyl (C=O) groups excluding carboxylic acids is 4. The van der Waals surface area contributed by atoms with Crippen molar-refractivity contribution in [3.8, 4) is 0 Å². The molecule has 202 valence electrons. The number of aliphatic hydroxyl groups excluding tert-OH is 2. The minimum atomic E-state index is -1.24. The van der Waals surface area contributed by atoms with Gasteiger partial charge in [0.05, 0.1) is 18.2 Å². The number of hydrogen-bond acceptors (Lipinski definition) is 8. The van der Waals surface area contributed by atoms with Gasteiger partial charge in [0.15, 0.2) is 0 Å². The lowest BCUT2D eigenvalue weighted by Gasteiger charge is -2.25. The van der Waals surface area contributed by atoms with E-state index in [4.69, 9.17) is 4.74 Å². The number of carbonyl (C=O) groups is 4. The zero-order valence-corrected chi connectivity index (χ0v) is 21.6. The standard InChI is InChI=1S/C27H41NO8/c1-17(14-18(2)27(35)22(36-4)12-7-5-6-8-13-25(32)33)26(34)19(3)21(29)11-9-10-20-15-23(30)28-24(31)16-20/h7-8,12-14,18-20,22,26-27,34-35H,5-6,9-11,15-16H2,1-4H3,(H,32,33)(H,28,30,31)/p-1. The molecule has 1 aliphatic heterocycles. The number of carboxylic acids is 1. The summed E-state index contributed by atoms with van der Waals surface area (Å²) < 4.78 is 5.36. The number of aliphatic carboxylic acids is 1. The van der Waals surface area contributed by atoms with E-state index in [0.29, 0.717) is 31.3 Å². The molecule has 0 radical (unpaired) electrons. The van der Waals surface area contributed by atoms with Gasteiger partial charge in [-0.3, -0.25) is 19.7 Å². The summed E-state index contributed by atoms with van der Waals surface area (Å²) in [6.07, 6.45) is 8.28. The van der Waals surface area contributed by atoms with Gasteiger partial charge in [-0.2, -0.15) is 0 Å². The van der Waals surface area contributed by atoms with Crippen LogP contribution in [0.25, 0.3) is 0 Å². The predicted octanol–water partition coefficient (Wildman–Crippen LogP) is 1.38. The number of hydrogen-bond donors (Lipinski definition) is 3. The molecule has 2 amide bonds. The Morgan fingerprint density at radius 3 is 2.33 bits per heavy atom. The molecule has 0 spiro atoms. The zero-order valence-electron chi connectivity index (χ0n) is 21.6. The normalized spacial score (nSPS) is 19.8. The first kappa shape index (κ1) is 31.4. The van der Waals surface area contributed by atoms with Crippen LogP contribution in [0.4, 0.5) is 0 Å². The second kappa shape index (κ2) is 16.2. The maximum atomic E-state index is 12.6. The predicted molar refractivity (Wildman–Crippen MR) is 132 cm³/mol. The second-order valence-electron chi connectivity index (χ2n) is 9.53. The summed E-state index contributed by atoms with van der Waals surface area (Å²) in [5, 5.41) is 34.0. The van der Waals surface area contributed by atoms with E-state index in [-0.39, 0.29) is 48.7 Å². The van der Waals surface area contributed by atoms with Crippen LogP contribution in [-0.4, -0.2) is 59.2 Å². The third-order valence-corrected chi connectivity index (χ3v) is 6.46. The van der Waals surface area contributed by atoms with Crippen molar-refractivity contribution < 1.29 is 39.2 Å². The van der Waals surface area contributed by atoms with Crippen LogP contribution in [0.3, 0.4) is 0 Å². The number of rotatable bonds is 16. The number of carboxylic acid groups (broad SMARTS) is 1. The minimum absolute atomic E-state index is 0.0514. The first-order valence-electron chi connectivity index (χ1n) is 12.4. The van der Waals surface area contributed by atoms with Gasteiger partial charge in [-0.25, -0.2) is 0 Å². The van der Waals surface area contributed by atoms with Gasteiger partial charge in [0.1, 0.15) is 11.9 Å². The van der Waals surface area contributed by atoms with Crippen LogP contribution in [0.2, 0.25) is 0 Å². The molecule has 1 saturated heterocycles. The maximum Gasteiger partial charge on any atom is 0.226 e. The molecule has 0 aliphatic carbocycles. The molecule has 0 aromatic rings. The van der Waals surface area contributed by atoms with E-state index >= 15 is 0 Å². The second-order valence-corrected chi connectivity index (χ2v) is 9.53. The van der Waals surface area contributed by atoms with E-state index < -0.39 is 30.2 Å². The van der Waals surface area contributed by atoms with Gasteiger partial charge >= 0.3 is 0 Å². The Labute approximate surface area is 213 Å². The van der Waals surface area contributed by atoms with Crippen molar-refractivity contribution in [1.29, 1.82) is 0 Å². The van der Waals surface area contributed by atoms with Crippen LogP contribution in [0, 0.1) is 17.8 Å². The first-order valence-corrected chi connectivity index (χ1v) is 12.4. The molecule has 9 nitrogen and oxygen atoms in total. The van der Waals surface area contributed by atoms with Crippen LogP contribution >= 0.6 is 0 Å². The molecule has 5 atom stereocenters. The van der Waals surface area contributed by atoms with Crippen molar-refractivity contribution in [1.82, 2.24) is 5.32 Å². The number of allylic oxidation sites excluding steroid dienone is 2. The van der Waals surface area contributed by atoms with Gasteiger partial charge in [-0.15, -0.1) is 0 Å². The highest BCUT2D eigenvalue weighted by Gasteiger charge is 2.27. The van der Waals surface area contributed by atoms with Crippen LogP contribution in [0.5, 0.6) is 0 Å². The minimum Gasteiger partial charge on any atom is -0.545 e. The lowest BCUT2D eigenvalue weighted by atomic mass is 9.87. The quantitative estimate of drug-likeness (QED) is 0.123. The average molecular weight is 507 g/mol. The molecule has 1 aliphatic rings. The van der Waals surface area contributed by atoms with Gasteiger partial charge < -0.3 is 24.9 Å². The molecule has 0 aromatic heterocycles. The Hall–Kier alpha value is -2.62. The Morgan fingerprint density at radius 1 is 1.14 bits per heavy atom. The number of piperidine rings is 1. The highest BCUT2D eigenvalue weighted by molar-refractivity contribution is 5.97. The van der Waals surface area contributed by atoms with E-state index in [1.165, 1.54) is 13.2 Å². The summed E-state index contributed by atoms with van der Waals surface area (Å²) in [7, 11) is 1.47. The fraction of sp³-hybridized carbons (Fsp3) is 0.630. The fourth-order valence-electron chi connectivity index (χ4n) is 4.27. The molecule has 3 N–H and O–H groups in total. The topological polar surface area (TPSA) is 153 Å². The average Bonchev–Trinajstić information content (AvgIpc) is 2.81. The number of imide groups is 1. The van der Waals surface area contributed by atoms with Crippen molar-refractivity contribution in [2.24, 2.45) is 17.8 Å². The van der Waals surface area contributed by atoms with Crippen molar-refractivity contribution in [2.75, 3.05) is 7.11 Å². The van der Waals surface area contributed by atoms with Crippen molar-refractivity contribution >= 4 is 23.6 Å². The third kappa shape index (κ3) is 11.4. The van der Waals surface area contributed by atoms with Gasteiger partial charge in [0.2, 0.25) is 11.8 Å². The molecule has 0 saturated carbocycles. The van der Waals surface area contributed by atoms with Crippen LogP contribution < -0.4 is 10.4 Å². The summed E-state index contributed by atoms with van der Waals surface area (Å²) in [4.78, 5) is 45.9. The van der Waals surface area contributed by atoms with E-state index in [1.54, 1.807) is 39.0 Å². The Balaban J connectivity index is 2.57. The Bertz CT molecular complexity index is 831. The summed E-state index contributed by atoms with van der Waals surface area (Å²) >= 11 is 0. The van der Waals surface area contributed by atoms with Gasteiger partial charge in [0, 0.05) is 38.2 Å². The number of ether oxygens (including phenoxy) is 1. The number of ketones is 1. The highest BCUT2D eigenvalue weighted by Crippen LogP contribution is 2.23. The number of unbranched alkanes of at least 4 members (excludes halogenated alkanes) is 1. The Morgan fingerprint density at radius 2 is 1.75 bits per heavy atom. The van der Waals surface area contributed by atoms with E-state index in [2.05, 4.69) is 5.32 Å². The van der Waals surface area contributed by atoms with E-state index in [1.807, 2.05) is 0 Å². The van der Waals surface area contributed by atoms with Crippen molar-refractivity contribution in [3.63, 3.8) is 0 Å². The monoisotopic (exact) mass is 506 g/mol.